The van der Waals surface area contributed by atoms with Gasteiger partial charge in [-0.25, -0.2) is 4.39 Å². The Labute approximate surface area is 195 Å². The molecule has 2 aromatic rings. The fourth-order valence-electron chi connectivity index (χ4n) is 2.77. The highest BCUT2D eigenvalue weighted by Crippen LogP contribution is 2.07. The number of ketones is 1. The maximum atomic E-state index is 12.1. The zero-order valence-electron chi connectivity index (χ0n) is 20.7. The van der Waals surface area contributed by atoms with E-state index in [9.17, 15) is 9.18 Å². The first kappa shape index (κ1) is 29.1. The van der Waals surface area contributed by atoms with Gasteiger partial charge < -0.3 is 4.90 Å². The van der Waals surface area contributed by atoms with Gasteiger partial charge >= 0.3 is 0 Å². The molecule has 0 unspecified atom stereocenters. The number of halogens is 1. The van der Waals surface area contributed by atoms with Crippen LogP contribution in [0.4, 0.5) is 4.39 Å². The lowest BCUT2D eigenvalue weighted by Crippen LogP contribution is -2.20. The van der Waals surface area contributed by atoms with Crippen LogP contribution in [-0.2, 0) is 11.2 Å². The molecule has 0 bridgehead atoms. The number of benzene rings is 2. The zero-order valence-corrected chi connectivity index (χ0v) is 20.7. The summed E-state index contributed by atoms with van der Waals surface area (Å²) < 4.78 is 12.1. The van der Waals surface area contributed by atoms with Crippen molar-refractivity contribution < 1.29 is 9.18 Å². The molecule has 0 amide bonds. The smallest absolute Gasteiger partial charge is 0.134 e. The molecule has 0 atom stereocenters. The van der Waals surface area contributed by atoms with Gasteiger partial charge in [-0.2, -0.15) is 0 Å². The zero-order chi connectivity index (χ0) is 24.4. The molecular weight excluding hydrogens is 397 g/mol. The molecular formula is C29H40FNO. The van der Waals surface area contributed by atoms with Crippen LogP contribution in [-0.4, -0.2) is 23.8 Å². The van der Waals surface area contributed by atoms with Gasteiger partial charge in [-0.05, 0) is 64.8 Å². The quantitative estimate of drug-likeness (QED) is 0.394. The third-order valence-electron chi connectivity index (χ3n) is 4.75. The van der Waals surface area contributed by atoms with Gasteiger partial charge in [0.05, 0.1) is 0 Å². The van der Waals surface area contributed by atoms with E-state index >= 15 is 0 Å². The first-order valence-electron chi connectivity index (χ1n) is 11.3. The minimum atomic E-state index is -0.171. The molecule has 0 heterocycles. The maximum absolute atomic E-state index is 12.1. The summed E-state index contributed by atoms with van der Waals surface area (Å²) in [6.07, 6.45) is 8.04. The van der Waals surface area contributed by atoms with Crippen molar-refractivity contribution in [3.05, 3.63) is 108 Å². The van der Waals surface area contributed by atoms with E-state index in [-0.39, 0.29) is 11.6 Å². The molecule has 2 aromatic carbocycles. The Morgan fingerprint density at radius 3 is 1.94 bits per heavy atom. The van der Waals surface area contributed by atoms with Gasteiger partial charge in [0.15, 0.2) is 0 Å². The second-order valence-electron chi connectivity index (χ2n) is 7.37. The molecule has 0 aliphatic carbocycles. The number of carbonyl (C=O) groups excluding carboxylic acids is 1. The highest BCUT2D eigenvalue weighted by molar-refractivity contribution is 5.78. The van der Waals surface area contributed by atoms with Crippen molar-refractivity contribution in [2.24, 2.45) is 0 Å². The van der Waals surface area contributed by atoms with E-state index in [1.54, 1.807) is 19.1 Å². The van der Waals surface area contributed by atoms with Crippen LogP contribution in [0.15, 0.2) is 90.7 Å². The number of allylic oxidation sites excluding steroid dienone is 4. The highest BCUT2D eigenvalue weighted by Gasteiger charge is 1.98. The van der Waals surface area contributed by atoms with Gasteiger partial charge in [0.1, 0.15) is 11.6 Å². The first-order valence-corrected chi connectivity index (χ1v) is 11.3. The van der Waals surface area contributed by atoms with E-state index in [4.69, 9.17) is 0 Å². The van der Waals surface area contributed by atoms with E-state index in [0.717, 1.165) is 36.3 Å². The number of hydrogen-bond donors (Lipinski definition) is 0. The maximum Gasteiger partial charge on any atom is 0.134 e. The number of hydrogen-bond acceptors (Lipinski definition) is 2. The molecule has 0 spiro atoms. The Hall–Kier alpha value is -2.94. The van der Waals surface area contributed by atoms with Crippen LogP contribution in [0.3, 0.4) is 0 Å². The summed E-state index contributed by atoms with van der Waals surface area (Å²) in [5.41, 5.74) is 4.64. The molecule has 0 saturated heterocycles. The molecule has 2 nitrogen and oxygen atoms in total. The van der Waals surface area contributed by atoms with Gasteiger partial charge in [-0.3, -0.25) is 4.79 Å². The predicted molar refractivity (Wildman–Crippen MR) is 137 cm³/mol. The van der Waals surface area contributed by atoms with Crippen molar-refractivity contribution in [2.45, 2.75) is 54.4 Å². The van der Waals surface area contributed by atoms with Crippen LogP contribution in [0.5, 0.6) is 0 Å². The summed E-state index contributed by atoms with van der Waals surface area (Å²) >= 11 is 0. The number of Topliss-reactive ketones (excluding diaryl/α,β-unsaturated/α-hetero) is 1. The topological polar surface area (TPSA) is 20.3 Å². The van der Waals surface area contributed by atoms with Crippen molar-refractivity contribution in [1.29, 1.82) is 0 Å². The van der Waals surface area contributed by atoms with E-state index < -0.39 is 0 Å². The van der Waals surface area contributed by atoms with Gasteiger partial charge in [-0.15, -0.1) is 0 Å². The number of nitrogens with zero attached hydrogens (tertiary/aromatic N) is 1. The molecule has 174 valence electrons. The van der Waals surface area contributed by atoms with E-state index in [1.807, 2.05) is 37.3 Å². The molecule has 0 aliphatic heterocycles. The predicted octanol–water partition coefficient (Wildman–Crippen LogP) is 7.71. The molecule has 0 aromatic heterocycles. The van der Waals surface area contributed by atoms with Gasteiger partial charge in [0, 0.05) is 25.2 Å². The summed E-state index contributed by atoms with van der Waals surface area (Å²) in [6.45, 7) is 18.2. The molecule has 3 heteroatoms. The summed E-state index contributed by atoms with van der Waals surface area (Å²) in [5.74, 6) is 0.0433. The largest absolute Gasteiger partial charge is 0.373 e. The molecule has 32 heavy (non-hydrogen) atoms. The fraction of sp³-hybridized carbons (Fsp3) is 0.345. The van der Waals surface area contributed by atoms with Crippen LogP contribution in [0.2, 0.25) is 0 Å². The summed E-state index contributed by atoms with van der Waals surface area (Å²) in [4.78, 5) is 12.9. The number of likely N-dealkylation sites (N-methyl/N-ethyl adjacent to an activating group) is 1. The Morgan fingerprint density at radius 1 is 0.969 bits per heavy atom. The van der Waals surface area contributed by atoms with Crippen molar-refractivity contribution in [3.63, 3.8) is 0 Å². The number of aryl methyl sites for hydroxylation is 1. The van der Waals surface area contributed by atoms with Crippen LogP contribution in [0.1, 0.15) is 52.2 Å². The lowest BCUT2D eigenvalue weighted by atomic mass is 10.1. The summed E-state index contributed by atoms with van der Waals surface area (Å²) in [5, 5.41) is 0. The van der Waals surface area contributed by atoms with E-state index in [2.05, 4.69) is 57.4 Å². The normalized spacial score (nSPS) is 10.5. The minimum Gasteiger partial charge on any atom is -0.373 e. The van der Waals surface area contributed by atoms with Crippen LogP contribution in [0, 0.1) is 12.7 Å². The number of carbonyl (C=O) groups is 1. The lowest BCUT2D eigenvalue weighted by Gasteiger charge is -2.20. The molecule has 0 saturated carbocycles. The van der Waals surface area contributed by atoms with Crippen molar-refractivity contribution in [2.75, 3.05) is 13.1 Å². The van der Waals surface area contributed by atoms with Crippen molar-refractivity contribution in [3.8, 4) is 0 Å². The first-order chi connectivity index (χ1) is 15.3. The van der Waals surface area contributed by atoms with Crippen molar-refractivity contribution >= 4 is 5.78 Å². The van der Waals surface area contributed by atoms with E-state index in [0.29, 0.717) is 6.42 Å². The average molecular weight is 438 g/mol. The highest BCUT2D eigenvalue weighted by atomic mass is 19.1. The summed E-state index contributed by atoms with van der Waals surface area (Å²) in [7, 11) is 0. The Balaban J connectivity index is 0.000000468. The monoisotopic (exact) mass is 437 g/mol. The SMILES string of the molecule is C=C(/C=C\C(=C/C)CC)N(CC)CC.CC(=O)Cc1ccccc1.Cc1ccc(F)cc1. The second-order valence-corrected chi connectivity index (χ2v) is 7.37. The van der Waals surface area contributed by atoms with E-state index in [1.165, 1.54) is 17.7 Å². The Bertz CT molecular complexity index is 810. The molecule has 0 fully saturated rings. The lowest BCUT2D eigenvalue weighted by molar-refractivity contribution is -0.116. The molecule has 2 rings (SSSR count). The third-order valence-corrected chi connectivity index (χ3v) is 4.75. The van der Waals surface area contributed by atoms with Crippen LogP contribution < -0.4 is 0 Å². The molecule has 0 aliphatic rings. The number of rotatable bonds is 8. The fourth-order valence-corrected chi connectivity index (χ4v) is 2.77. The average Bonchev–Trinajstić information content (AvgIpc) is 2.78. The second kappa shape index (κ2) is 17.7. The Morgan fingerprint density at radius 2 is 1.53 bits per heavy atom. The minimum absolute atomic E-state index is 0.171. The molecule has 0 N–H and O–H groups in total. The van der Waals surface area contributed by atoms with Crippen molar-refractivity contribution in [1.82, 2.24) is 4.90 Å². The molecule has 0 radical (unpaired) electrons. The van der Waals surface area contributed by atoms with Crippen LogP contribution >= 0.6 is 0 Å². The summed E-state index contributed by atoms with van der Waals surface area (Å²) in [6, 6.07) is 16.2. The Kier molecular flexibility index (Phi) is 16.1. The third kappa shape index (κ3) is 14.1. The van der Waals surface area contributed by atoms with Gasteiger partial charge in [0.2, 0.25) is 0 Å². The van der Waals surface area contributed by atoms with Gasteiger partial charge in [-0.1, -0.05) is 79.3 Å². The van der Waals surface area contributed by atoms with Crippen LogP contribution in [0.25, 0.3) is 0 Å². The standard InChI is InChI=1S/C13H23N.C9H10O.C7H7F/c1-6-13(7-2)11-10-12(5)14(8-3)9-4;1-8(10)7-9-5-3-2-4-6-9;1-6-2-4-7(8)5-3-6/h6,10-11H,5,7-9H2,1-4H3;2-6H,7H2,1H3;2-5H,1H3/b11-10-,13-6-;;. The van der Waals surface area contributed by atoms with Gasteiger partial charge in [0.25, 0.3) is 0 Å².